The highest BCUT2D eigenvalue weighted by Crippen LogP contribution is 2.19. The third kappa shape index (κ3) is 2.42. The van der Waals surface area contributed by atoms with Crippen molar-refractivity contribution in [2.24, 2.45) is 0 Å². The Balaban J connectivity index is 1.90. The summed E-state index contributed by atoms with van der Waals surface area (Å²) in [6.45, 7) is 3.60. The Hall–Kier alpha value is -2.22. The number of carboxylic acid groups (broad SMARTS) is 1. The second-order valence-electron chi connectivity index (χ2n) is 4.76. The number of rotatable bonds is 3. The first-order chi connectivity index (χ1) is 9.63. The molecule has 8 heteroatoms. The predicted molar refractivity (Wildman–Crippen MR) is 69.7 cm³/mol. The number of aromatic nitrogens is 4. The van der Waals surface area contributed by atoms with E-state index in [2.05, 4.69) is 20.0 Å². The van der Waals surface area contributed by atoms with Crippen LogP contribution in [0.4, 0.5) is 5.82 Å². The molecule has 0 aliphatic carbocycles. The summed E-state index contributed by atoms with van der Waals surface area (Å²) in [6.07, 6.45) is 1.15. The van der Waals surface area contributed by atoms with Gasteiger partial charge in [0.1, 0.15) is 12.1 Å². The van der Waals surface area contributed by atoms with Gasteiger partial charge in [-0.1, -0.05) is 0 Å². The van der Waals surface area contributed by atoms with Gasteiger partial charge in [0.25, 0.3) is 5.78 Å². The lowest BCUT2D eigenvalue weighted by Gasteiger charge is -2.33. The minimum Gasteiger partial charge on any atom is -0.481 e. The molecule has 20 heavy (non-hydrogen) atoms. The van der Waals surface area contributed by atoms with Gasteiger partial charge in [0.2, 0.25) is 0 Å². The molecule has 3 rings (SSSR count). The van der Waals surface area contributed by atoms with Crippen molar-refractivity contribution in [1.29, 1.82) is 0 Å². The highest BCUT2D eigenvalue weighted by Gasteiger charge is 2.24. The first-order valence-electron chi connectivity index (χ1n) is 6.39. The van der Waals surface area contributed by atoms with Crippen LogP contribution >= 0.6 is 0 Å². The summed E-state index contributed by atoms with van der Waals surface area (Å²) in [6, 6.07) is 1.92. The van der Waals surface area contributed by atoms with Crippen LogP contribution in [0.2, 0.25) is 0 Å². The zero-order valence-corrected chi connectivity index (χ0v) is 11.1. The number of carboxylic acids is 1. The van der Waals surface area contributed by atoms with Gasteiger partial charge in [0.05, 0.1) is 19.1 Å². The number of hydrogen-bond acceptors (Lipinski definition) is 6. The van der Waals surface area contributed by atoms with Gasteiger partial charge in [-0.05, 0) is 6.92 Å². The van der Waals surface area contributed by atoms with Crippen LogP contribution in [-0.4, -0.2) is 56.5 Å². The van der Waals surface area contributed by atoms with Gasteiger partial charge in [0, 0.05) is 24.8 Å². The normalized spacial score (nSPS) is 19.4. The fourth-order valence-electron chi connectivity index (χ4n) is 2.38. The molecule has 1 atom stereocenters. The van der Waals surface area contributed by atoms with E-state index in [1.54, 1.807) is 4.52 Å². The maximum atomic E-state index is 10.8. The summed E-state index contributed by atoms with van der Waals surface area (Å²) < 4.78 is 7.14. The fourth-order valence-corrected chi connectivity index (χ4v) is 2.38. The van der Waals surface area contributed by atoms with Crippen LogP contribution in [0, 0.1) is 6.92 Å². The van der Waals surface area contributed by atoms with E-state index in [1.165, 1.54) is 6.33 Å². The van der Waals surface area contributed by atoms with Gasteiger partial charge in [-0.2, -0.15) is 14.6 Å². The molecule has 1 saturated heterocycles. The summed E-state index contributed by atoms with van der Waals surface area (Å²) in [5.41, 5.74) is 0.849. The monoisotopic (exact) mass is 277 g/mol. The molecule has 0 amide bonds. The van der Waals surface area contributed by atoms with E-state index in [0.717, 1.165) is 11.5 Å². The van der Waals surface area contributed by atoms with Crippen LogP contribution in [0.15, 0.2) is 12.4 Å². The topological polar surface area (TPSA) is 92.8 Å². The lowest BCUT2D eigenvalue weighted by atomic mass is 10.2. The summed E-state index contributed by atoms with van der Waals surface area (Å²) in [5.74, 6) is 0.554. The van der Waals surface area contributed by atoms with E-state index in [-0.39, 0.29) is 12.5 Å². The third-order valence-corrected chi connectivity index (χ3v) is 3.23. The largest absolute Gasteiger partial charge is 0.481 e. The van der Waals surface area contributed by atoms with Crippen LogP contribution in [0.3, 0.4) is 0 Å². The molecular formula is C12H15N5O3. The van der Waals surface area contributed by atoms with E-state index < -0.39 is 5.97 Å². The molecule has 2 aromatic rings. The Labute approximate surface area is 115 Å². The number of anilines is 1. The van der Waals surface area contributed by atoms with Crippen molar-refractivity contribution in [2.75, 3.05) is 24.6 Å². The highest BCUT2D eigenvalue weighted by atomic mass is 16.5. The Kier molecular flexibility index (Phi) is 3.23. The van der Waals surface area contributed by atoms with Crippen molar-refractivity contribution in [1.82, 2.24) is 19.6 Å². The number of ether oxygens (including phenoxy) is 1. The molecule has 2 aromatic heterocycles. The summed E-state index contributed by atoms with van der Waals surface area (Å²) in [4.78, 5) is 21.2. The third-order valence-electron chi connectivity index (χ3n) is 3.23. The van der Waals surface area contributed by atoms with Crippen LogP contribution in [0.1, 0.15) is 12.1 Å². The molecule has 0 radical (unpaired) electrons. The number of aryl methyl sites for hydroxylation is 1. The molecule has 3 heterocycles. The van der Waals surface area contributed by atoms with Crippen LogP contribution in [-0.2, 0) is 9.53 Å². The number of hydrogen-bond donors (Lipinski definition) is 1. The van der Waals surface area contributed by atoms with Crippen LogP contribution in [0.5, 0.6) is 0 Å². The smallest absolute Gasteiger partial charge is 0.306 e. The fraction of sp³-hybridized carbons (Fsp3) is 0.500. The van der Waals surface area contributed by atoms with Crippen LogP contribution in [0.25, 0.3) is 5.78 Å². The Morgan fingerprint density at radius 1 is 1.60 bits per heavy atom. The lowest BCUT2D eigenvalue weighted by Crippen LogP contribution is -2.44. The maximum absolute atomic E-state index is 10.8. The van der Waals surface area contributed by atoms with Gasteiger partial charge in [-0.15, -0.1) is 0 Å². The van der Waals surface area contributed by atoms with Gasteiger partial charge >= 0.3 is 5.97 Å². The number of nitrogens with zero attached hydrogens (tertiary/aromatic N) is 5. The standard InChI is InChI=1S/C12H15N5O3/c1-8-4-10(17-12(15-8)13-7-14-17)16-2-3-20-9(6-16)5-11(18)19/h4,7,9H,2-3,5-6H2,1H3,(H,18,19). The van der Waals surface area contributed by atoms with Crippen molar-refractivity contribution in [3.05, 3.63) is 18.1 Å². The van der Waals surface area contributed by atoms with E-state index in [4.69, 9.17) is 9.84 Å². The van der Waals surface area contributed by atoms with Gasteiger partial charge in [-0.3, -0.25) is 4.79 Å². The van der Waals surface area contributed by atoms with Crippen LogP contribution < -0.4 is 4.90 Å². The quantitative estimate of drug-likeness (QED) is 0.851. The van der Waals surface area contributed by atoms with Crippen molar-refractivity contribution in [3.63, 3.8) is 0 Å². The zero-order valence-electron chi connectivity index (χ0n) is 11.1. The Morgan fingerprint density at radius 3 is 3.25 bits per heavy atom. The molecule has 0 saturated carbocycles. The maximum Gasteiger partial charge on any atom is 0.306 e. The number of carbonyl (C=O) groups is 1. The summed E-state index contributed by atoms with van der Waals surface area (Å²) in [7, 11) is 0. The van der Waals surface area contributed by atoms with E-state index in [9.17, 15) is 4.79 Å². The highest BCUT2D eigenvalue weighted by molar-refractivity contribution is 5.67. The molecule has 1 aliphatic rings. The summed E-state index contributed by atoms with van der Waals surface area (Å²) in [5, 5.41) is 13.0. The minimum absolute atomic E-state index is 0.00106. The molecule has 1 aliphatic heterocycles. The van der Waals surface area contributed by atoms with Crippen molar-refractivity contribution in [3.8, 4) is 0 Å². The first-order valence-corrected chi connectivity index (χ1v) is 6.39. The molecule has 0 spiro atoms. The average molecular weight is 277 g/mol. The lowest BCUT2D eigenvalue weighted by molar-refractivity contribution is -0.140. The molecule has 0 aromatic carbocycles. The second-order valence-corrected chi connectivity index (χ2v) is 4.76. The van der Waals surface area contributed by atoms with E-state index in [1.807, 2.05) is 13.0 Å². The average Bonchev–Trinajstić information content (AvgIpc) is 2.85. The molecule has 1 N–H and O–H groups in total. The van der Waals surface area contributed by atoms with Crippen molar-refractivity contribution < 1.29 is 14.6 Å². The zero-order chi connectivity index (χ0) is 14.1. The molecular weight excluding hydrogens is 262 g/mol. The molecule has 106 valence electrons. The van der Waals surface area contributed by atoms with E-state index >= 15 is 0 Å². The predicted octanol–water partition coefficient (Wildman–Crippen LogP) is 0.113. The Morgan fingerprint density at radius 2 is 2.45 bits per heavy atom. The van der Waals surface area contributed by atoms with E-state index in [0.29, 0.717) is 25.5 Å². The SMILES string of the molecule is Cc1cc(N2CCOC(CC(=O)O)C2)n2ncnc2n1. The number of aliphatic carboxylic acids is 1. The molecule has 8 nitrogen and oxygen atoms in total. The number of morpholine rings is 1. The molecule has 0 bridgehead atoms. The molecule has 1 fully saturated rings. The van der Waals surface area contributed by atoms with Crippen molar-refractivity contribution >= 4 is 17.6 Å². The summed E-state index contributed by atoms with van der Waals surface area (Å²) >= 11 is 0. The van der Waals surface area contributed by atoms with Gasteiger partial charge in [0.15, 0.2) is 0 Å². The first kappa shape index (κ1) is 12.8. The van der Waals surface area contributed by atoms with Crippen molar-refractivity contribution in [2.45, 2.75) is 19.4 Å². The number of fused-ring (bicyclic) bond motifs is 1. The minimum atomic E-state index is -0.853. The second kappa shape index (κ2) is 5.04. The Bertz CT molecular complexity index is 641. The molecule has 1 unspecified atom stereocenters. The van der Waals surface area contributed by atoms with Gasteiger partial charge < -0.3 is 14.7 Å². The van der Waals surface area contributed by atoms with Gasteiger partial charge in [-0.25, -0.2) is 4.98 Å².